The van der Waals surface area contributed by atoms with Crippen LogP contribution in [0.5, 0.6) is 5.75 Å². The normalized spacial score (nSPS) is 12.3. The van der Waals surface area contributed by atoms with Gasteiger partial charge in [-0.3, -0.25) is 0 Å². The summed E-state index contributed by atoms with van der Waals surface area (Å²) in [6.07, 6.45) is 0.712. The minimum absolute atomic E-state index is 0.0842. The van der Waals surface area contributed by atoms with Crippen molar-refractivity contribution >= 4 is 6.29 Å². The van der Waals surface area contributed by atoms with Gasteiger partial charge < -0.3 is 9.53 Å². The van der Waals surface area contributed by atoms with Gasteiger partial charge in [0.2, 0.25) is 5.82 Å². The molecule has 0 radical (unpaired) electrons. The number of ether oxygens (including phenoxy) is 1. The molecule has 1 rings (SSSR count). The molecule has 0 heterocycles. The topological polar surface area (TPSA) is 26.3 Å². The summed E-state index contributed by atoms with van der Waals surface area (Å²) in [6, 6.07) is 0.853. The molecule has 2 nitrogen and oxygen atoms in total. The van der Waals surface area contributed by atoms with E-state index in [9.17, 15) is 18.0 Å². The van der Waals surface area contributed by atoms with E-state index in [0.29, 0.717) is 6.29 Å². The molecule has 1 aromatic rings. The molecule has 0 aromatic heterocycles. The molecule has 1 atom stereocenters. The minimum atomic E-state index is -1.57. The first kappa shape index (κ1) is 12.5. The molecule has 1 unspecified atom stereocenters. The highest BCUT2D eigenvalue weighted by molar-refractivity contribution is 5.53. The van der Waals surface area contributed by atoms with Gasteiger partial charge in [0.15, 0.2) is 17.4 Å². The Morgan fingerprint density at radius 2 is 2.00 bits per heavy atom. The van der Waals surface area contributed by atoms with Crippen LogP contribution < -0.4 is 4.74 Å². The predicted octanol–water partition coefficient (Wildman–Crippen LogP) is 2.81. The van der Waals surface area contributed by atoms with Crippen molar-refractivity contribution < 1.29 is 22.7 Å². The summed E-state index contributed by atoms with van der Waals surface area (Å²) in [5.74, 6) is -5.01. The molecule has 0 aliphatic heterocycles. The second-order valence-electron chi connectivity index (χ2n) is 3.41. The van der Waals surface area contributed by atoms with Gasteiger partial charge in [-0.1, -0.05) is 6.92 Å². The molecule has 1 aromatic carbocycles. The summed E-state index contributed by atoms with van der Waals surface area (Å²) >= 11 is 0. The third-order valence-electron chi connectivity index (χ3n) is 2.33. The lowest BCUT2D eigenvalue weighted by Crippen LogP contribution is -2.04. The summed E-state index contributed by atoms with van der Waals surface area (Å²) < 4.78 is 43.9. The highest BCUT2D eigenvalue weighted by Gasteiger charge is 2.22. The van der Waals surface area contributed by atoms with Gasteiger partial charge in [-0.05, 0) is 12.0 Å². The van der Waals surface area contributed by atoms with Gasteiger partial charge in [-0.15, -0.1) is 0 Å². The molecule has 0 N–H and O–H groups in total. The number of rotatable bonds is 4. The van der Waals surface area contributed by atoms with Crippen molar-refractivity contribution in [3.63, 3.8) is 0 Å². The molecule has 16 heavy (non-hydrogen) atoms. The molecular formula is C11H11F3O2. The monoisotopic (exact) mass is 232 g/mol. The summed E-state index contributed by atoms with van der Waals surface area (Å²) in [5.41, 5.74) is 0.144. The van der Waals surface area contributed by atoms with Crippen LogP contribution in [0.15, 0.2) is 6.07 Å². The lowest BCUT2D eigenvalue weighted by Gasteiger charge is -2.14. The van der Waals surface area contributed by atoms with Gasteiger partial charge in [0.05, 0.1) is 7.11 Å². The Labute approximate surface area is 91.0 Å². The number of carbonyl (C=O) groups excluding carboxylic acids is 1. The van der Waals surface area contributed by atoms with E-state index in [1.807, 2.05) is 0 Å². The van der Waals surface area contributed by atoms with Crippen molar-refractivity contribution in [2.75, 3.05) is 7.11 Å². The number of hydrogen-bond acceptors (Lipinski definition) is 2. The van der Waals surface area contributed by atoms with Crippen molar-refractivity contribution in [3.05, 3.63) is 29.1 Å². The summed E-state index contributed by atoms with van der Waals surface area (Å²) in [6.45, 7) is 1.60. The number of halogens is 3. The Balaban J connectivity index is 3.32. The second kappa shape index (κ2) is 5.01. The van der Waals surface area contributed by atoms with E-state index in [1.54, 1.807) is 6.92 Å². The third-order valence-corrected chi connectivity index (χ3v) is 2.33. The van der Waals surface area contributed by atoms with Crippen molar-refractivity contribution in [1.82, 2.24) is 0 Å². The Bertz CT molecular complexity index is 405. The molecule has 0 spiro atoms. The van der Waals surface area contributed by atoms with E-state index < -0.39 is 23.4 Å². The quantitative estimate of drug-likeness (QED) is 0.589. The average Bonchev–Trinajstić information content (AvgIpc) is 2.26. The zero-order valence-corrected chi connectivity index (χ0v) is 8.89. The van der Waals surface area contributed by atoms with E-state index in [2.05, 4.69) is 4.74 Å². The van der Waals surface area contributed by atoms with Crippen LogP contribution in [0, 0.1) is 17.5 Å². The molecule has 0 saturated heterocycles. The van der Waals surface area contributed by atoms with Crippen LogP contribution >= 0.6 is 0 Å². The van der Waals surface area contributed by atoms with Crippen molar-refractivity contribution in [3.8, 4) is 5.75 Å². The fourth-order valence-electron chi connectivity index (χ4n) is 1.44. The number of aldehydes is 1. The number of hydrogen-bond donors (Lipinski definition) is 0. The zero-order valence-electron chi connectivity index (χ0n) is 8.89. The van der Waals surface area contributed by atoms with Crippen LogP contribution in [-0.4, -0.2) is 13.4 Å². The van der Waals surface area contributed by atoms with Crippen LogP contribution in [0.25, 0.3) is 0 Å². The minimum Gasteiger partial charge on any atom is -0.493 e. The van der Waals surface area contributed by atoms with E-state index in [1.165, 1.54) is 0 Å². The van der Waals surface area contributed by atoms with Crippen molar-refractivity contribution in [2.24, 2.45) is 0 Å². The molecule has 0 bridgehead atoms. The molecule has 5 heteroatoms. The van der Waals surface area contributed by atoms with E-state index in [4.69, 9.17) is 0 Å². The number of benzene rings is 1. The highest BCUT2D eigenvalue weighted by atomic mass is 19.2. The van der Waals surface area contributed by atoms with Crippen LogP contribution in [0.3, 0.4) is 0 Å². The third kappa shape index (κ3) is 2.18. The first-order valence-corrected chi connectivity index (χ1v) is 4.67. The molecule has 0 saturated carbocycles. The SMILES string of the molecule is COc1c(C(C)CC=O)cc(F)c(F)c1F. The molecule has 0 amide bonds. The second-order valence-corrected chi connectivity index (χ2v) is 3.41. The van der Waals surface area contributed by atoms with Gasteiger partial charge in [-0.25, -0.2) is 8.78 Å². The van der Waals surface area contributed by atoms with Gasteiger partial charge in [0, 0.05) is 12.0 Å². The summed E-state index contributed by atoms with van der Waals surface area (Å²) in [4.78, 5) is 10.3. The van der Waals surface area contributed by atoms with Gasteiger partial charge in [0.25, 0.3) is 0 Å². The van der Waals surface area contributed by atoms with Gasteiger partial charge in [0.1, 0.15) is 6.29 Å². The lowest BCUT2D eigenvalue weighted by molar-refractivity contribution is -0.108. The zero-order chi connectivity index (χ0) is 12.3. The fourth-order valence-corrected chi connectivity index (χ4v) is 1.44. The average molecular weight is 232 g/mol. The van der Waals surface area contributed by atoms with Crippen LogP contribution in [0.2, 0.25) is 0 Å². The maximum atomic E-state index is 13.3. The Hall–Kier alpha value is -1.52. The molecule has 88 valence electrons. The first-order chi connectivity index (χ1) is 7.52. The predicted molar refractivity (Wildman–Crippen MR) is 52.0 cm³/mol. The molecule has 0 aliphatic carbocycles. The standard InChI is InChI=1S/C11H11F3O2/c1-6(3-4-15)7-5-8(12)9(13)10(14)11(7)16-2/h4-6H,3H2,1-2H3. The molecular weight excluding hydrogens is 221 g/mol. The van der Waals surface area contributed by atoms with E-state index in [0.717, 1.165) is 13.2 Å². The van der Waals surface area contributed by atoms with Crippen LogP contribution in [0.1, 0.15) is 24.8 Å². The largest absolute Gasteiger partial charge is 0.493 e. The van der Waals surface area contributed by atoms with Crippen LogP contribution in [-0.2, 0) is 4.79 Å². The van der Waals surface area contributed by atoms with Crippen LogP contribution in [0.4, 0.5) is 13.2 Å². The fraction of sp³-hybridized carbons (Fsp3) is 0.364. The Morgan fingerprint density at radius 3 is 2.50 bits per heavy atom. The smallest absolute Gasteiger partial charge is 0.203 e. The first-order valence-electron chi connectivity index (χ1n) is 4.67. The molecule has 0 fully saturated rings. The van der Waals surface area contributed by atoms with E-state index >= 15 is 0 Å². The summed E-state index contributed by atoms with van der Waals surface area (Å²) in [5, 5.41) is 0. The lowest BCUT2D eigenvalue weighted by atomic mass is 9.97. The Kier molecular flexibility index (Phi) is 3.93. The van der Waals surface area contributed by atoms with Gasteiger partial charge >= 0.3 is 0 Å². The van der Waals surface area contributed by atoms with E-state index in [-0.39, 0.29) is 17.7 Å². The Morgan fingerprint density at radius 1 is 1.38 bits per heavy atom. The number of carbonyl (C=O) groups is 1. The summed E-state index contributed by atoms with van der Waals surface area (Å²) in [7, 11) is 1.16. The van der Waals surface area contributed by atoms with Crippen molar-refractivity contribution in [1.29, 1.82) is 0 Å². The number of methoxy groups -OCH3 is 1. The highest BCUT2D eigenvalue weighted by Crippen LogP contribution is 2.33. The molecule has 0 aliphatic rings. The maximum absolute atomic E-state index is 13.3. The van der Waals surface area contributed by atoms with Crippen molar-refractivity contribution in [2.45, 2.75) is 19.3 Å². The van der Waals surface area contributed by atoms with Gasteiger partial charge in [-0.2, -0.15) is 4.39 Å². The maximum Gasteiger partial charge on any atom is 0.203 e.